The summed E-state index contributed by atoms with van der Waals surface area (Å²) in [6.07, 6.45) is -1.47. The smallest absolute Gasteiger partial charge is 0.303 e. The van der Waals surface area contributed by atoms with Gasteiger partial charge in [-0.15, -0.1) is 0 Å². The third-order valence-corrected chi connectivity index (χ3v) is 7.65. The van der Waals surface area contributed by atoms with Gasteiger partial charge >= 0.3 is 5.97 Å². The van der Waals surface area contributed by atoms with E-state index in [0.29, 0.717) is 12.0 Å². The van der Waals surface area contributed by atoms with Crippen LogP contribution in [-0.4, -0.2) is 113 Å². The van der Waals surface area contributed by atoms with Crippen molar-refractivity contribution < 1.29 is 53.7 Å². The van der Waals surface area contributed by atoms with Gasteiger partial charge in [0.15, 0.2) is 0 Å². The van der Waals surface area contributed by atoms with Gasteiger partial charge in [0.05, 0.1) is 26.0 Å². The monoisotopic (exact) mass is 729 g/mol. The molecule has 0 aliphatic rings. The first-order valence-corrected chi connectivity index (χ1v) is 16.6. The maximum Gasteiger partial charge on any atom is 0.303 e. The van der Waals surface area contributed by atoms with Crippen LogP contribution in [-0.2, 0) is 44.8 Å². The van der Waals surface area contributed by atoms with Gasteiger partial charge in [0.25, 0.3) is 0 Å². The van der Waals surface area contributed by atoms with Crippen LogP contribution in [0.1, 0.15) is 45.1 Å². The number of nitrogens with two attached hydrogens (primary N) is 1. The molecule has 0 aliphatic carbocycles. The molecule has 0 saturated heterocycles. The number of hydrogen-bond acceptors (Lipinski definition) is 10. The van der Waals surface area contributed by atoms with Gasteiger partial charge in [0.2, 0.25) is 41.4 Å². The van der Waals surface area contributed by atoms with E-state index in [9.17, 15) is 43.5 Å². The third kappa shape index (κ3) is 14.7. The summed E-state index contributed by atoms with van der Waals surface area (Å²) in [6, 6.07) is 6.81. The third-order valence-electron chi connectivity index (χ3n) is 7.65. The van der Waals surface area contributed by atoms with Crippen LogP contribution in [0, 0.1) is 5.92 Å². The van der Waals surface area contributed by atoms with Gasteiger partial charge in [0, 0.05) is 26.0 Å². The number of carboxylic acid groups (broad SMARTS) is 1. The summed E-state index contributed by atoms with van der Waals surface area (Å²) >= 11 is 0. The molecule has 2 aromatic carbocycles. The van der Waals surface area contributed by atoms with Gasteiger partial charge in [-0.25, -0.2) is 0 Å². The van der Waals surface area contributed by atoms with Gasteiger partial charge < -0.3 is 53.0 Å². The van der Waals surface area contributed by atoms with Crippen molar-refractivity contribution in [2.24, 2.45) is 11.7 Å². The van der Waals surface area contributed by atoms with Crippen LogP contribution in [0.15, 0.2) is 42.5 Å². The fraction of sp³-hybridized carbons (Fsp3) is 0.471. The topological polar surface area (TPSA) is 295 Å². The zero-order chi connectivity index (χ0) is 38.8. The Morgan fingerprint density at radius 2 is 1.35 bits per heavy atom. The number of carboxylic acids is 1. The second-order valence-corrected chi connectivity index (χ2v) is 12.3. The number of rotatable bonds is 22. The molecule has 0 spiro atoms. The van der Waals surface area contributed by atoms with Gasteiger partial charge in [-0.2, -0.15) is 0 Å². The van der Waals surface area contributed by atoms with E-state index < -0.39 is 110 Å². The number of hydrogen-bond donors (Lipinski definition) is 10. The lowest BCUT2D eigenvalue weighted by molar-refractivity contribution is -0.139. The molecule has 0 saturated carbocycles. The molecule has 18 nitrogen and oxygen atoms in total. The Kier molecular flexibility index (Phi) is 17.6. The second kappa shape index (κ2) is 21.6. The number of carbonyl (C=O) groups excluding carboxylic acids is 7. The Morgan fingerprint density at radius 3 is 1.96 bits per heavy atom. The number of aliphatic carboxylic acids is 1. The standard InChI is InChI=1S/C34H47N7O11/c1-19(2)30(34(52)37-17-28(46)36-12-5-13-42)41-33(51)25(18-43)40-32(50)24(16-26(35)44)39-31(49)23(38-27(45)10-11-29(47)48)15-20-8-9-21-6-3-4-7-22(21)14-20/h3-4,6-9,14,19,23-25,30,42-43H,5,10-13,15-18H2,1-2H3,(H2,35,44)(H,36,46)(H,37,52)(H,38,45)(H,39,49)(H,40,50)(H,41,51)(H,47,48). The van der Waals surface area contributed by atoms with Crippen LogP contribution in [0.5, 0.6) is 0 Å². The maximum atomic E-state index is 13.6. The molecule has 0 bridgehead atoms. The summed E-state index contributed by atoms with van der Waals surface area (Å²) in [5.74, 6) is -7.81. The van der Waals surface area contributed by atoms with E-state index in [1.807, 2.05) is 24.3 Å². The van der Waals surface area contributed by atoms with Crippen molar-refractivity contribution in [1.29, 1.82) is 0 Å². The quantitative estimate of drug-likeness (QED) is 0.0558. The van der Waals surface area contributed by atoms with Crippen molar-refractivity contribution in [3.05, 3.63) is 48.0 Å². The van der Waals surface area contributed by atoms with Crippen LogP contribution in [0.4, 0.5) is 0 Å². The zero-order valence-corrected chi connectivity index (χ0v) is 29.0. The maximum absolute atomic E-state index is 13.6. The van der Waals surface area contributed by atoms with Crippen molar-refractivity contribution in [3.8, 4) is 0 Å². The van der Waals surface area contributed by atoms with Crippen molar-refractivity contribution in [3.63, 3.8) is 0 Å². The molecule has 2 rings (SSSR count). The molecule has 4 atom stereocenters. The zero-order valence-electron chi connectivity index (χ0n) is 29.0. The fourth-order valence-corrected chi connectivity index (χ4v) is 4.88. The lowest BCUT2D eigenvalue weighted by atomic mass is 10.0. The molecule has 0 fully saturated rings. The van der Waals surface area contributed by atoms with Crippen LogP contribution >= 0.6 is 0 Å². The van der Waals surface area contributed by atoms with Crippen LogP contribution in [0.3, 0.4) is 0 Å². The Morgan fingerprint density at radius 1 is 0.712 bits per heavy atom. The lowest BCUT2D eigenvalue weighted by Crippen LogP contribution is -2.60. The van der Waals surface area contributed by atoms with Crippen LogP contribution in [0.25, 0.3) is 10.8 Å². The first-order valence-electron chi connectivity index (χ1n) is 16.6. The predicted octanol–water partition coefficient (Wildman–Crippen LogP) is -2.68. The van der Waals surface area contributed by atoms with E-state index in [-0.39, 0.29) is 19.6 Å². The molecular weight excluding hydrogens is 682 g/mol. The Bertz CT molecular complexity index is 1600. The van der Waals surface area contributed by atoms with Gasteiger partial charge in [-0.1, -0.05) is 56.3 Å². The summed E-state index contributed by atoms with van der Waals surface area (Å²) in [5.41, 5.74) is 5.95. The Balaban J connectivity index is 2.20. The summed E-state index contributed by atoms with van der Waals surface area (Å²) in [6.45, 7) is 1.89. The number of nitrogens with one attached hydrogen (secondary N) is 6. The molecule has 52 heavy (non-hydrogen) atoms. The summed E-state index contributed by atoms with van der Waals surface area (Å²) in [7, 11) is 0. The lowest BCUT2D eigenvalue weighted by Gasteiger charge is -2.26. The number of amides is 7. The highest BCUT2D eigenvalue weighted by Gasteiger charge is 2.33. The number of carbonyl (C=O) groups is 8. The van der Waals surface area contributed by atoms with Gasteiger partial charge in [0.1, 0.15) is 24.2 Å². The molecule has 284 valence electrons. The van der Waals surface area contributed by atoms with Crippen LogP contribution in [0.2, 0.25) is 0 Å². The van der Waals surface area contributed by atoms with E-state index in [0.717, 1.165) is 10.8 Å². The largest absolute Gasteiger partial charge is 0.481 e. The number of fused-ring (bicyclic) bond motifs is 1. The first kappa shape index (κ1) is 42.5. The first-order chi connectivity index (χ1) is 24.6. The van der Waals surface area contributed by atoms with Crippen molar-refractivity contribution >= 4 is 58.1 Å². The molecule has 0 heterocycles. The highest BCUT2D eigenvalue weighted by Crippen LogP contribution is 2.17. The minimum Gasteiger partial charge on any atom is -0.481 e. The van der Waals surface area contributed by atoms with E-state index >= 15 is 0 Å². The predicted molar refractivity (Wildman–Crippen MR) is 186 cm³/mol. The Labute approximate surface area is 299 Å². The summed E-state index contributed by atoms with van der Waals surface area (Å²) in [5, 5.41) is 43.9. The SMILES string of the molecule is CC(C)C(NC(=O)C(CO)NC(=O)C(CC(N)=O)NC(=O)C(Cc1ccc2ccccc2c1)NC(=O)CCC(=O)O)C(=O)NCC(=O)NCCCO. The van der Waals surface area contributed by atoms with E-state index in [1.165, 1.54) is 0 Å². The summed E-state index contributed by atoms with van der Waals surface area (Å²) in [4.78, 5) is 100. The molecule has 4 unspecified atom stereocenters. The van der Waals surface area contributed by atoms with Crippen LogP contribution < -0.4 is 37.6 Å². The number of aliphatic hydroxyl groups excluding tert-OH is 2. The molecular formula is C34H47N7O11. The van der Waals surface area contributed by atoms with Gasteiger partial charge in [-0.05, 0) is 28.7 Å². The van der Waals surface area contributed by atoms with Crippen molar-refractivity contribution in [1.82, 2.24) is 31.9 Å². The fourth-order valence-electron chi connectivity index (χ4n) is 4.88. The van der Waals surface area contributed by atoms with E-state index in [1.54, 1.807) is 32.0 Å². The van der Waals surface area contributed by atoms with Crippen molar-refractivity contribution in [2.75, 3.05) is 26.3 Å². The number of benzene rings is 2. The highest BCUT2D eigenvalue weighted by molar-refractivity contribution is 5.98. The van der Waals surface area contributed by atoms with Gasteiger partial charge in [-0.3, -0.25) is 38.4 Å². The highest BCUT2D eigenvalue weighted by atomic mass is 16.4. The molecule has 0 aromatic heterocycles. The molecule has 0 radical (unpaired) electrons. The molecule has 2 aromatic rings. The number of aliphatic hydroxyl groups is 2. The Hall–Kier alpha value is -5.62. The number of primary amides is 1. The summed E-state index contributed by atoms with van der Waals surface area (Å²) < 4.78 is 0. The minimum atomic E-state index is -1.68. The average Bonchev–Trinajstić information content (AvgIpc) is 3.09. The van der Waals surface area contributed by atoms with E-state index in [2.05, 4.69) is 31.9 Å². The minimum absolute atomic E-state index is 0.0922. The molecule has 7 amide bonds. The van der Waals surface area contributed by atoms with E-state index in [4.69, 9.17) is 15.9 Å². The normalized spacial score (nSPS) is 13.2. The molecule has 18 heteroatoms. The second-order valence-electron chi connectivity index (χ2n) is 12.3. The molecule has 0 aliphatic heterocycles. The van der Waals surface area contributed by atoms with Crippen molar-refractivity contribution in [2.45, 2.75) is 70.1 Å². The molecule has 11 N–H and O–H groups in total. The average molecular weight is 730 g/mol.